The van der Waals surface area contributed by atoms with Gasteiger partial charge in [-0.15, -0.1) is 0 Å². The Bertz CT molecular complexity index is 649. The van der Waals surface area contributed by atoms with Crippen LogP contribution in [0.15, 0.2) is 67.8 Å². The van der Waals surface area contributed by atoms with Crippen LogP contribution in [0.5, 0.6) is 0 Å². The molecule has 23 heavy (non-hydrogen) atoms. The Kier molecular flexibility index (Phi) is 7.61. The van der Waals surface area contributed by atoms with Gasteiger partial charge >= 0.3 is 0 Å². The molecular formula is C16H10Cl4S3. The average molecular weight is 440 g/mol. The van der Waals surface area contributed by atoms with E-state index in [9.17, 15) is 0 Å². The van der Waals surface area contributed by atoms with E-state index in [2.05, 4.69) is 13.2 Å². The Hall–Kier alpha value is 0.130. The van der Waals surface area contributed by atoms with Crippen LogP contribution in [0, 0.1) is 0 Å². The molecule has 0 aliphatic rings. The number of hydrogen-bond donors (Lipinski definition) is 0. The molecule has 120 valence electrons. The zero-order chi connectivity index (χ0) is 17.0. The van der Waals surface area contributed by atoms with Crippen LogP contribution in [0.3, 0.4) is 0 Å². The molecule has 0 saturated heterocycles. The molecule has 0 aromatic heterocycles. The summed E-state index contributed by atoms with van der Waals surface area (Å²) in [7, 11) is 0. The number of halogens is 4. The molecule has 0 radical (unpaired) electrons. The zero-order valence-electron chi connectivity index (χ0n) is 11.6. The fourth-order valence-electron chi connectivity index (χ4n) is 1.72. The molecule has 7 heteroatoms. The van der Waals surface area contributed by atoms with Gasteiger partial charge in [0.2, 0.25) is 0 Å². The van der Waals surface area contributed by atoms with E-state index in [4.69, 9.17) is 46.4 Å². The molecule has 0 unspecified atom stereocenters. The summed E-state index contributed by atoms with van der Waals surface area (Å²) in [6, 6.07) is 7.44. The lowest BCUT2D eigenvalue weighted by Gasteiger charge is -2.10. The van der Waals surface area contributed by atoms with Crippen LogP contribution in [-0.2, 0) is 0 Å². The molecule has 0 amide bonds. The van der Waals surface area contributed by atoms with Crippen molar-refractivity contribution in [2.24, 2.45) is 0 Å². The Labute approximate surface area is 168 Å². The van der Waals surface area contributed by atoms with Crippen molar-refractivity contribution in [2.45, 2.75) is 19.6 Å². The molecule has 0 spiro atoms. The van der Waals surface area contributed by atoms with Crippen LogP contribution in [0.4, 0.5) is 0 Å². The van der Waals surface area contributed by atoms with E-state index in [0.29, 0.717) is 20.1 Å². The van der Waals surface area contributed by atoms with Gasteiger partial charge in [0.15, 0.2) is 0 Å². The maximum atomic E-state index is 6.28. The minimum atomic E-state index is 0.584. The second-order valence-electron chi connectivity index (χ2n) is 4.10. The highest BCUT2D eigenvalue weighted by atomic mass is 35.5. The molecule has 0 saturated carbocycles. The van der Waals surface area contributed by atoms with Gasteiger partial charge in [-0.25, -0.2) is 0 Å². The van der Waals surface area contributed by atoms with Gasteiger partial charge in [-0.2, -0.15) is 0 Å². The summed E-state index contributed by atoms with van der Waals surface area (Å²) >= 11 is 29.4. The molecule has 0 N–H and O–H groups in total. The van der Waals surface area contributed by atoms with Crippen molar-refractivity contribution in [3.63, 3.8) is 0 Å². The predicted molar refractivity (Wildman–Crippen MR) is 109 cm³/mol. The second-order valence-corrected chi connectivity index (χ2v) is 8.83. The van der Waals surface area contributed by atoms with Gasteiger partial charge in [0.1, 0.15) is 0 Å². The first-order chi connectivity index (χ1) is 11.0. The predicted octanol–water partition coefficient (Wildman–Crippen LogP) is 8.92. The highest BCUT2D eigenvalue weighted by Crippen LogP contribution is 2.43. The fourth-order valence-corrected chi connectivity index (χ4v) is 5.49. The highest BCUT2D eigenvalue weighted by molar-refractivity contribution is 8.02. The zero-order valence-corrected chi connectivity index (χ0v) is 17.1. The molecule has 2 aromatic carbocycles. The first-order valence-electron chi connectivity index (χ1n) is 6.17. The van der Waals surface area contributed by atoms with E-state index in [1.165, 1.54) is 35.3 Å². The van der Waals surface area contributed by atoms with Gasteiger partial charge in [0, 0.05) is 19.6 Å². The summed E-state index contributed by atoms with van der Waals surface area (Å²) in [5.74, 6) is 0. The van der Waals surface area contributed by atoms with Crippen LogP contribution in [0.2, 0.25) is 20.1 Å². The maximum Gasteiger partial charge on any atom is 0.0571 e. The highest BCUT2D eigenvalue weighted by Gasteiger charge is 2.12. The van der Waals surface area contributed by atoms with Crippen LogP contribution >= 0.6 is 81.7 Å². The first-order valence-corrected chi connectivity index (χ1v) is 10.3. The monoisotopic (exact) mass is 438 g/mol. The SMILES string of the molecule is C=CSc1c(Cl)cc(Sc2cc(Cl)c(SC=C)c(Cl)c2)cc1Cl. The first kappa shape index (κ1) is 19.5. The van der Waals surface area contributed by atoms with E-state index in [-0.39, 0.29) is 0 Å². The van der Waals surface area contributed by atoms with E-state index < -0.39 is 0 Å². The molecule has 0 bridgehead atoms. The second kappa shape index (κ2) is 9.00. The molecule has 2 rings (SSSR count). The lowest BCUT2D eigenvalue weighted by molar-refractivity contribution is 1.32. The third-order valence-electron chi connectivity index (χ3n) is 2.58. The summed E-state index contributed by atoms with van der Waals surface area (Å²) in [5.41, 5.74) is 0. The average Bonchev–Trinajstić information content (AvgIpc) is 2.47. The van der Waals surface area contributed by atoms with Gasteiger partial charge in [-0.3, -0.25) is 0 Å². The van der Waals surface area contributed by atoms with Gasteiger partial charge in [-0.05, 0) is 35.1 Å². The molecule has 2 aromatic rings. The van der Waals surface area contributed by atoms with Crippen molar-refractivity contribution in [1.29, 1.82) is 0 Å². The fraction of sp³-hybridized carbons (Fsp3) is 0. The number of benzene rings is 2. The van der Waals surface area contributed by atoms with Crippen molar-refractivity contribution in [1.82, 2.24) is 0 Å². The van der Waals surface area contributed by atoms with E-state index in [1.807, 2.05) is 24.3 Å². The summed E-state index contributed by atoms with van der Waals surface area (Å²) in [4.78, 5) is 3.40. The van der Waals surface area contributed by atoms with Crippen LogP contribution < -0.4 is 0 Å². The van der Waals surface area contributed by atoms with Crippen LogP contribution in [-0.4, -0.2) is 0 Å². The summed E-state index contributed by atoms with van der Waals surface area (Å²) in [6.45, 7) is 7.35. The van der Waals surface area contributed by atoms with Crippen molar-refractivity contribution in [3.8, 4) is 0 Å². The number of rotatable bonds is 6. The van der Waals surface area contributed by atoms with Crippen molar-refractivity contribution in [3.05, 3.63) is 68.3 Å². The lowest BCUT2D eigenvalue weighted by atomic mass is 10.3. The van der Waals surface area contributed by atoms with Crippen LogP contribution in [0.1, 0.15) is 0 Å². The summed E-state index contributed by atoms with van der Waals surface area (Å²) < 4.78 is 0. The van der Waals surface area contributed by atoms with Crippen molar-refractivity contribution >= 4 is 81.7 Å². The normalized spacial score (nSPS) is 10.6. The minimum absolute atomic E-state index is 0.584. The van der Waals surface area contributed by atoms with E-state index in [1.54, 1.807) is 10.8 Å². The third-order valence-corrected chi connectivity index (χ3v) is 6.85. The lowest BCUT2D eigenvalue weighted by Crippen LogP contribution is -1.82. The number of hydrogen-bond acceptors (Lipinski definition) is 3. The quantitative estimate of drug-likeness (QED) is 0.412. The molecule has 0 fully saturated rings. The minimum Gasteiger partial charge on any atom is -0.0956 e. The topological polar surface area (TPSA) is 0 Å². The van der Waals surface area contributed by atoms with Crippen molar-refractivity contribution < 1.29 is 0 Å². The molecule has 0 heterocycles. The van der Waals surface area contributed by atoms with Gasteiger partial charge in [0.05, 0.1) is 20.1 Å². The van der Waals surface area contributed by atoms with Gasteiger partial charge < -0.3 is 0 Å². The number of thioether (sulfide) groups is 2. The Morgan fingerprint density at radius 1 is 0.652 bits per heavy atom. The molecule has 0 aliphatic heterocycles. The third kappa shape index (κ3) is 5.05. The van der Waals surface area contributed by atoms with E-state index in [0.717, 1.165) is 19.6 Å². The van der Waals surface area contributed by atoms with Gasteiger partial charge in [0.25, 0.3) is 0 Å². The summed E-state index contributed by atoms with van der Waals surface area (Å²) in [5, 5.41) is 5.72. The smallest absolute Gasteiger partial charge is 0.0571 e. The molecule has 0 atom stereocenters. The molecular weight excluding hydrogens is 430 g/mol. The Balaban J connectivity index is 2.32. The van der Waals surface area contributed by atoms with Crippen molar-refractivity contribution in [2.75, 3.05) is 0 Å². The Morgan fingerprint density at radius 2 is 0.957 bits per heavy atom. The van der Waals surface area contributed by atoms with E-state index >= 15 is 0 Å². The largest absolute Gasteiger partial charge is 0.0956 e. The van der Waals surface area contributed by atoms with Gasteiger partial charge in [-0.1, -0.05) is 94.8 Å². The maximum absolute atomic E-state index is 6.28. The molecule has 0 nitrogen and oxygen atoms in total. The van der Waals surface area contributed by atoms with Crippen LogP contribution in [0.25, 0.3) is 0 Å². The molecule has 0 aliphatic carbocycles. The standard InChI is InChI=1S/C16H10Cl4S3/c1-3-21-15-11(17)5-9(6-12(15)18)23-10-7-13(19)16(22-4-2)14(20)8-10/h3-8H,1-2H2. The summed E-state index contributed by atoms with van der Waals surface area (Å²) in [6.07, 6.45) is 0. The Morgan fingerprint density at radius 3 is 1.22 bits per heavy atom.